The molecule has 0 spiro atoms. The van der Waals surface area contributed by atoms with Crippen molar-refractivity contribution in [1.82, 2.24) is 5.32 Å². The Hall–Kier alpha value is -4.84. The second kappa shape index (κ2) is 12.3. The highest BCUT2D eigenvalue weighted by Gasteiger charge is 2.63. The maximum atomic E-state index is 13.9. The fourth-order valence-corrected chi connectivity index (χ4v) is 5.10. The van der Waals surface area contributed by atoms with Gasteiger partial charge >= 0.3 is 5.97 Å². The summed E-state index contributed by atoms with van der Waals surface area (Å²) < 4.78 is 38.1. The maximum Gasteiger partial charge on any atom is 0.329 e. The van der Waals surface area contributed by atoms with Gasteiger partial charge in [0.25, 0.3) is 0 Å². The van der Waals surface area contributed by atoms with E-state index in [2.05, 4.69) is 11.4 Å². The van der Waals surface area contributed by atoms with E-state index < -0.39 is 35.2 Å². The molecule has 0 saturated carbocycles. The van der Waals surface area contributed by atoms with Crippen LogP contribution in [0.1, 0.15) is 30.0 Å². The third-order valence-corrected chi connectivity index (χ3v) is 6.85. The van der Waals surface area contributed by atoms with E-state index in [1.54, 1.807) is 6.92 Å². The number of hydrogen-bond acceptors (Lipinski definition) is 11. The summed E-state index contributed by atoms with van der Waals surface area (Å²) in [5.41, 5.74) is -1.60. The lowest BCUT2D eigenvalue weighted by molar-refractivity contribution is -0.159. The molecule has 0 radical (unpaired) electrons. The monoisotopic (exact) mass is 553 g/mol. The van der Waals surface area contributed by atoms with Gasteiger partial charge in [-0.05, 0) is 42.3 Å². The number of amides is 1. The molecular formula is C28H31N3O9. The Labute approximate surface area is 232 Å². The lowest BCUT2D eigenvalue weighted by Crippen LogP contribution is -2.58. The molecule has 3 rings (SSSR count). The quantitative estimate of drug-likeness (QED) is 0.431. The fraction of sp³-hybridized carbons (Fsp3) is 0.429. The summed E-state index contributed by atoms with van der Waals surface area (Å²) in [5.74, 6) is -3.03. The van der Waals surface area contributed by atoms with E-state index in [1.807, 2.05) is 6.07 Å². The standard InChI is InChI=1S/C28H31N3O9/c1-8-40-27(33)28(14-30)22(15-9-18(34-2)23(38-6)19(10-15)35-3)17(13-29)26(32)31-25(28)16-11-20(36-4)24(39-7)21(12-16)37-5/h9-12,17,22,25H,8H2,1-7H3,(H,31,32). The minimum Gasteiger partial charge on any atom is -0.493 e. The first-order valence-electron chi connectivity index (χ1n) is 12.1. The van der Waals surface area contributed by atoms with E-state index in [0.29, 0.717) is 0 Å². The van der Waals surface area contributed by atoms with Crippen molar-refractivity contribution in [2.45, 2.75) is 18.9 Å². The summed E-state index contributed by atoms with van der Waals surface area (Å²) in [6.07, 6.45) is 0. The van der Waals surface area contributed by atoms with Crippen molar-refractivity contribution in [3.63, 3.8) is 0 Å². The van der Waals surface area contributed by atoms with Crippen molar-refractivity contribution in [2.75, 3.05) is 49.3 Å². The molecule has 1 N–H and O–H groups in total. The zero-order valence-electron chi connectivity index (χ0n) is 23.3. The summed E-state index contributed by atoms with van der Waals surface area (Å²) in [4.78, 5) is 27.3. The molecule has 1 fully saturated rings. The van der Waals surface area contributed by atoms with Crippen LogP contribution in [0.4, 0.5) is 0 Å². The molecule has 1 saturated heterocycles. The number of carbonyl (C=O) groups is 2. The second-order valence-electron chi connectivity index (χ2n) is 8.64. The van der Waals surface area contributed by atoms with Gasteiger partial charge in [-0.1, -0.05) is 0 Å². The molecule has 40 heavy (non-hydrogen) atoms. The number of carbonyl (C=O) groups excluding carboxylic acids is 2. The number of nitriles is 2. The number of rotatable bonds is 10. The van der Waals surface area contributed by atoms with E-state index >= 15 is 0 Å². The van der Waals surface area contributed by atoms with E-state index in [1.165, 1.54) is 66.9 Å². The summed E-state index contributed by atoms with van der Waals surface area (Å²) >= 11 is 0. The highest BCUT2D eigenvalue weighted by Crippen LogP contribution is 2.56. The van der Waals surface area contributed by atoms with E-state index in [9.17, 15) is 20.1 Å². The topological polar surface area (TPSA) is 158 Å². The van der Waals surface area contributed by atoms with Crippen molar-refractivity contribution < 1.29 is 42.7 Å². The van der Waals surface area contributed by atoms with Crippen molar-refractivity contribution >= 4 is 11.9 Å². The Bertz CT molecular complexity index is 1310. The molecule has 0 aromatic heterocycles. The molecule has 1 heterocycles. The first kappa shape index (κ1) is 29.7. The van der Waals surface area contributed by atoms with Crippen molar-refractivity contribution in [3.8, 4) is 46.6 Å². The number of nitrogens with zero attached hydrogens (tertiary/aromatic N) is 2. The van der Waals surface area contributed by atoms with Crippen LogP contribution in [0, 0.1) is 34.0 Å². The smallest absolute Gasteiger partial charge is 0.329 e. The first-order chi connectivity index (χ1) is 19.3. The summed E-state index contributed by atoms with van der Waals surface area (Å²) in [6, 6.07) is 8.86. The Balaban J connectivity index is 2.45. The molecule has 0 aliphatic carbocycles. The Kier molecular flexibility index (Phi) is 9.17. The zero-order chi connectivity index (χ0) is 29.6. The average molecular weight is 554 g/mol. The Morgan fingerprint density at radius 2 is 1.27 bits per heavy atom. The van der Waals surface area contributed by atoms with Gasteiger partial charge in [0.15, 0.2) is 28.4 Å². The van der Waals surface area contributed by atoms with Gasteiger partial charge in [0.1, 0.15) is 5.92 Å². The molecule has 2 aromatic rings. The van der Waals surface area contributed by atoms with Crippen LogP contribution < -0.4 is 33.7 Å². The minimum absolute atomic E-state index is 0.0582. The number of piperidine rings is 1. The van der Waals surface area contributed by atoms with Crippen LogP contribution in [0.2, 0.25) is 0 Å². The van der Waals surface area contributed by atoms with Crippen LogP contribution in [0.3, 0.4) is 0 Å². The summed E-state index contributed by atoms with van der Waals surface area (Å²) in [6.45, 7) is 1.53. The van der Waals surface area contributed by atoms with E-state index in [4.69, 9.17) is 33.2 Å². The van der Waals surface area contributed by atoms with Crippen LogP contribution >= 0.6 is 0 Å². The number of esters is 1. The van der Waals surface area contributed by atoms with E-state index in [0.717, 1.165) is 0 Å². The Morgan fingerprint density at radius 3 is 1.62 bits per heavy atom. The highest BCUT2D eigenvalue weighted by molar-refractivity contribution is 5.92. The van der Waals surface area contributed by atoms with Gasteiger partial charge in [-0.3, -0.25) is 9.59 Å². The number of ether oxygens (including phenoxy) is 7. The van der Waals surface area contributed by atoms with Crippen LogP contribution in [-0.4, -0.2) is 61.1 Å². The highest BCUT2D eigenvalue weighted by atomic mass is 16.5. The molecular weight excluding hydrogens is 522 g/mol. The number of nitrogens with one attached hydrogen (secondary N) is 1. The van der Waals surface area contributed by atoms with Crippen molar-refractivity contribution in [3.05, 3.63) is 35.4 Å². The van der Waals surface area contributed by atoms with Crippen molar-refractivity contribution in [2.24, 2.45) is 11.3 Å². The Morgan fingerprint density at radius 1 is 0.825 bits per heavy atom. The fourth-order valence-electron chi connectivity index (χ4n) is 5.10. The molecule has 12 heteroatoms. The predicted octanol–water partition coefficient (Wildman–Crippen LogP) is 2.91. The normalized spacial score (nSPS) is 21.6. The van der Waals surface area contributed by atoms with Gasteiger partial charge < -0.3 is 38.5 Å². The van der Waals surface area contributed by atoms with Gasteiger partial charge in [0.2, 0.25) is 17.4 Å². The molecule has 2 aromatic carbocycles. The molecule has 4 unspecified atom stereocenters. The van der Waals surface area contributed by atoms with Crippen molar-refractivity contribution in [1.29, 1.82) is 10.5 Å². The lowest BCUT2D eigenvalue weighted by atomic mass is 9.59. The molecule has 1 aliphatic heterocycles. The number of benzene rings is 2. The predicted molar refractivity (Wildman–Crippen MR) is 140 cm³/mol. The van der Waals surface area contributed by atoms with Gasteiger partial charge in [0.05, 0.1) is 67.4 Å². The SMILES string of the molecule is CCOC(=O)C1(C#N)C(c2cc(OC)c(OC)c(OC)c2)NC(=O)C(C#N)C1c1cc(OC)c(OC)c(OC)c1. The lowest BCUT2D eigenvalue weighted by Gasteiger charge is -2.45. The molecule has 0 bridgehead atoms. The van der Waals surface area contributed by atoms with E-state index in [-0.39, 0.29) is 52.2 Å². The van der Waals surface area contributed by atoms with Gasteiger partial charge in [0, 0.05) is 5.92 Å². The van der Waals surface area contributed by atoms with Gasteiger partial charge in [-0.2, -0.15) is 10.5 Å². The molecule has 12 nitrogen and oxygen atoms in total. The third kappa shape index (κ3) is 4.73. The van der Waals surface area contributed by atoms with Gasteiger partial charge in [-0.25, -0.2) is 0 Å². The summed E-state index contributed by atoms with van der Waals surface area (Å²) in [5, 5.41) is 23.7. The van der Waals surface area contributed by atoms with Crippen LogP contribution in [-0.2, 0) is 14.3 Å². The largest absolute Gasteiger partial charge is 0.493 e. The molecule has 1 amide bonds. The van der Waals surface area contributed by atoms with Gasteiger partial charge in [-0.15, -0.1) is 0 Å². The average Bonchev–Trinajstić information content (AvgIpc) is 2.98. The number of hydrogen-bond donors (Lipinski definition) is 1. The van der Waals surface area contributed by atoms with Crippen LogP contribution in [0.15, 0.2) is 24.3 Å². The molecule has 1 aliphatic rings. The molecule has 212 valence electrons. The molecule has 4 atom stereocenters. The minimum atomic E-state index is -2.14. The first-order valence-corrected chi connectivity index (χ1v) is 12.1. The third-order valence-electron chi connectivity index (χ3n) is 6.85. The van der Waals surface area contributed by atoms with Crippen LogP contribution in [0.25, 0.3) is 0 Å². The zero-order valence-corrected chi connectivity index (χ0v) is 23.3. The maximum absolute atomic E-state index is 13.9. The van der Waals surface area contributed by atoms with Crippen LogP contribution in [0.5, 0.6) is 34.5 Å². The second-order valence-corrected chi connectivity index (χ2v) is 8.64. The summed E-state index contributed by atoms with van der Waals surface area (Å²) in [7, 11) is 8.47. The number of methoxy groups -OCH3 is 6.